The van der Waals surface area contributed by atoms with E-state index in [4.69, 9.17) is 4.74 Å². The van der Waals surface area contributed by atoms with Gasteiger partial charge in [0.1, 0.15) is 0 Å². The molecule has 0 aromatic rings. The summed E-state index contributed by atoms with van der Waals surface area (Å²) in [6.07, 6.45) is 3.98. The van der Waals surface area contributed by atoms with E-state index in [9.17, 15) is 8.42 Å². The van der Waals surface area contributed by atoms with E-state index >= 15 is 0 Å². The standard InChI is InChI=1S/C15H32N4O3S.HI/c1-4-16-15(17-9-6-12-22-5-2)18-13-14-7-10-19(11-8-14)23(3,20)21;/h14H,4-13H2,1-3H3,(H2,16,17,18);1H. The first-order valence-corrected chi connectivity index (χ1v) is 10.4. The quantitative estimate of drug-likeness (QED) is 0.227. The molecule has 1 aliphatic heterocycles. The van der Waals surface area contributed by atoms with E-state index in [1.54, 1.807) is 4.31 Å². The Labute approximate surface area is 164 Å². The maximum absolute atomic E-state index is 11.5. The Kier molecular flexibility index (Phi) is 13.1. The molecule has 0 aliphatic carbocycles. The second-order valence-corrected chi connectivity index (χ2v) is 7.78. The van der Waals surface area contributed by atoms with Crippen LogP contribution in [0, 0.1) is 5.92 Å². The van der Waals surface area contributed by atoms with E-state index in [1.165, 1.54) is 6.26 Å². The number of ether oxygens (including phenoxy) is 1. The van der Waals surface area contributed by atoms with Crippen molar-refractivity contribution >= 4 is 40.0 Å². The summed E-state index contributed by atoms with van der Waals surface area (Å²) in [5, 5.41) is 6.54. The lowest BCUT2D eigenvalue weighted by Crippen LogP contribution is -2.40. The number of sulfonamides is 1. The summed E-state index contributed by atoms with van der Waals surface area (Å²) < 4.78 is 29.9. The largest absolute Gasteiger partial charge is 0.382 e. The fourth-order valence-corrected chi connectivity index (χ4v) is 3.39. The summed E-state index contributed by atoms with van der Waals surface area (Å²) >= 11 is 0. The van der Waals surface area contributed by atoms with Crippen LogP contribution in [0.2, 0.25) is 0 Å². The van der Waals surface area contributed by atoms with E-state index < -0.39 is 10.0 Å². The zero-order valence-electron chi connectivity index (χ0n) is 15.1. The summed E-state index contributed by atoms with van der Waals surface area (Å²) in [5.41, 5.74) is 0. The van der Waals surface area contributed by atoms with Crippen LogP contribution in [0.3, 0.4) is 0 Å². The van der Waals surface area contributed by atoms with Gasteiger partial charge in [-0.25, -0.2) is 12.7 Å². The van der Waals surface area contributed by atoms with Crippen molar-refractivity contribution in [1.82, 2.24) is 14.9 Å². The number of nitrogens with one attached hydrogen (secondary N) is 2. The molecule has 0 saturated carbocycles. The Bertz CT molecular complexity index is 452. The number of guanidine groups is 1. The molecule has 0 unspecified atom stereocenters. The van der Waals surface area contributed by atoms with Gasteiger partial charge >= 0.3 is 0 Å². The van der Waals surface area contributed by atoms with Gasteiger partial charge in [0.2, 0.25) is 10.0 Å². The highest BCUT2D eigenvalue weighted by atomic mass is 127. The summed E-state index contributed by atoms with van der Waals surface area (Å²) in [4.78, 5) is 4.63. The van der Waals surface area contributed by atoms with E-state index in [0.29, 0.717) is 19.0 Å². The van der Waals surface area contributed by atoms with E-state index in [0.717, 1.165) is 58.1 Å². The van der Waals surface area contributed by atoms with Gasteiger partial charge in [-0.1, -0.05) is 0 Å². The lowest BCUT2D eigenvalue weighted by molar-refractivity contribution is 0.145. The van der Waals surface area contributed by atoms with Crippen LogP contribution in [-0.2, 0) is 14.8 Å². The molecule has 1 saturated heterocycles. The van der Waals surface area contributed by atoms with Crippen molar-refractivity contribution in [3.05, 3.63) is 0 Å². The molecule has 1 fully saturated rings. The molecule has 0 radical (unpaired) electrons. The van der Waals surface area contributed by atoms with Crippen molar-refractivity contribution in [3.63, 3.8) is 0 Å². The second-order valence-electron chi connectivity index (χ2n) is 5.80. The molecule has 0 atom stereocenters. The Hall–Kier alpha value is -0.130. The van der Waals surface area contributed by atoms with Crippen molar-refractivity contribution in [2.45, 2.75) is 33.1 Å². The predicted octanol–water partition coefficient (Wildman–Crippen LogP) is 1.26. The number of piperidine rings is 1. The van der Waals surface area contributed by atoms with Crippen LogP contribution in [0.15, 0.2) is 4.99 Å². The molecule has 0 amide bonds. The summed E-state index contributed by atoms with van der Waals surface area (Å²) in [6, 6.07) is 0. The third kappa shape index (κ3) is 10.00. The number of rotatable bonds is 9. The molecular formula is C15H33IN4O3S. The average molecular weight is 476 g/mol. The molecule has 24 heavy (non-hydrogen) atoms. The molecule has 2 N–H and O–H groups in total. The van der Waals surface area contributed by atoms with Crippen molar-refractivity contribution in [2.75, 3.05) is 52.2 Å². The van der Waals surface area contributed by atoms with Gasteiger partial charge in [0.25, 0.3) is 0 Å². The molecule has 144 valence electrons. The Morgan fingerprint density at radius 1 is 1.25 bits per heavy atom. The van der Waals surface area contributed by atoms with Gasteiger partial charge in [-0.05, 0) is 39.0 Å². The minimum Gasteiger partial charge on any atom is -0.382 e. The van der Waals surface area contributed by atoms with Crippen LogP contribution in [-0.4, -0.2) is 70.9 Å². The van der Waals surface area contributed by atoms with Gasteiger partial charge in [-0.2, -0.15) is 0 Å². The zero-order chi connectivity index (χ0) is 17.1. The fraction of sp³-hybridized carbons (Fsp3) is 0.933. The zero-order valence-corrected chi connectivity index (χ0v) is 18.2. The fourth-order valence-electron chi connectivity index (χ4n) is 2.51. The molecule has 0 aromatic carbocycles. The van der Waals surface area contributed by atoms with Gasteiger partial charge in [-0.15, -0.1) is 24.0 Å². The Morgan fingerprint density at radius 3 is 2.46 bits per heavy atom. The molecule has 1 heterocycles. The van der Waals surface area contributed by atoms with Gasteiger partial charge in [-0.3, -0.25) is 4.99 Å². The maximum atomic E-state index is 11.5. The highest BCUT2D eigenvalue weighted by Crippen LogP contribution is 2.19. The van der Waals surface area contributed by atoms with E-state index in [2.05, 4.69) is 15.6 Å². The number of hydrogen-bond acceptors (Lipinski definition) is 4. The number of halogens is 1. The molecule has 0 bridgehead atoms. The first-order chi connectivity index (χ1) is 11.0. The molecule has 7 nitrogen and oxygen atoms in total. The molecule has 0 spiro atoms. The van der Waals surface area contributed by atoms with Crippen molar-refractivity contribution in [3.8, 4) is 0 Å². The topological polar surface area (TPSA) is 83.0 Å². The molecule has 1 rings (SSSR count). The van der Waals surface area contributed by atoms with Gasteiger partial charge < -0.3 is 15.4 Å². The third-order valence-corrected chi connectivity index (χ3v) is 5.16. The number of aliphatic imine (C=N–C) groups is 1. The van der Waals surface area contributed by atoms with Gasteiger partial charge in [0.15, 0.2) is 5.96 Å². The maximum Gasteiger partial charge on any atom is 0.211 e. The van der Waals surface area contributed by atoms with Crippen molar-refractivity contribution < 1.29 is 13.2 Å². The monoisotopic (exact) mass is 476 g/mol. The smallest absolute Gasteiger partial charge is 0.211 e. The normalized spacial score (nSPS) is 17.4. The molecule has 0 aromatic heterocycles. The molecule has 9 heteroatoms. The van der Waals surface area contributed by atoms with E-state index in [-0.39, 0.29) is 24.0 Å². The summed E-state index contributed by atoms with van der Waals surface area (Å²) in [7, 11) is -3.05. The Balaban J connectivity index is 0.00000529. The van der Waals surface area contributed by atoms with Crippen LogP contribution in [0.4, 0.5) is 0 Å². The first kappa shape index (κ1) is 23.9. The lowest BCUT2D eigenvalue weighted by atomic mass is 9.98. The van der Waals surface area contributed by atoms with Crippen LogP contribution in [0.25, 0.3) is 0 Å². The summed E-state index contributed by atoms with van der Waals surface area (Å²) in [5.74, 6) is 1.28. The van der Waals surface area contributed by atoms with Crippen molar-refractivity contribution in [2.24, 2.45) is 10.9 Å². The second kappa shape index (κ2) is 13.1. The van der Waals surface area contributed by atoms with Crippen LogP contribution >= 0.6 is 24.0 Å². The average Bonchev–Trinajstić information content (AvgIpc) is 2.52. The Morgan fingerprint density at radius 2 is 1.92 bits per heavy atom. The predicted molar refractivity (Wildman–Crippen MR) is 110 cm³/mol. The lowest BCUT2D eigenvalue weighted by Gasteiger charge is -2.29. The highest BCUT2D eigenvalue weighted by molar-refractivity contribution is 14.0. The van der Waals surface area contributed by atoms with Crippen molar-refractivity contribution in [1.29, 1.82) is 0 Å². The minimum absolute atomic E-state index is 0. The van der Waals surface area contributed by atoms with Gasteiger partial charge in [0, 0.05) is 45.9 Å². The minimum atomic E-state index is -3.05. The van der Waals surface area contributed by atoms with Crippen LogP contribution in [0.1, 0.15) is 33.1 Å². The van der Waals surface area contributed by atoms with Crippen LogP contribution in [0.5, 0.6) is 0 Å². The van der Waals surface area contributed by atoms with E-state index in [1.807, 2.05) is 13.8 Å². The van der Waals surface area contributed by atoms with Gasteiger partial charge in [0.05, 0.1) is 6.26 Å². The third-order valence-electron chi connectivity index (χ3n) is 3.86. The molecule has 1 aliphatic rings. The first-order valence-electron chi connectivity index (χ1n) is 8.52. The number of nitrogens with zero attached hydrogens (tertiary/aromatic N) is 2. The van der Waals surface area contributed by atoms with Crippen LogP contribution < -0.4 is 10.6 Å². The highest BCUT2D eigenvalue weighted by Gasteiger charge is 2.24. The molecular weight excluding hydrogens is 443 g/mol. The summed E-state index contributed by atoms with van der Waals surface area (Å²) in [6.45, 7) is 9.15. The SMILES string of the molecule is CCNC(=NCC1CCN(S(C)(=O)=O)CC1)NCCCOCC.I. The number of hydrogen-bond donors (Lipinski definition) is 2.